The second kappa shape index (κ2) is 8.95. The highest BCUT2D eigenvalue weighted by atomic mass is 35.5. The van der Waals surface area contributed by atoms with Crippen molar-refractivity contribution in [3.05, 3.63) is 40.4 Å². The number of aromatic amines is 1. The number of rotatable bonds is 6. The van der Waals surface area contributed by atoms with Crippen LogP contribution < -0.4 is 10.1 Å². The van der Waals surface area contributed by atoms with Crippen LogP contribution >= 0.6 is 34.8 Å². The van der Waals surface area contributed by atoms with Crippen LogP contribution in [0.15, 0.2) is 18.2 Å². The maximum atomic E-state index is 14.4. The molecule has 0 fully saturated rings. The normalized spacial score (nSPS) is 11.4. The smallest absolute Gasteiger partial charge is 0.431 e. The van der Waals surface area contributed by atoms with Crippen LogP contribution in [-0.4, -0.2) is 24.0 Å². The highest BCUT2D eigenvalue weighted by molar-refractivity contribution is 6.44. The van der Waals surface area contributed by atoms with Crippen molar-refractivity contribution in [2.45, 2.75) is 11.0 Å². The molecule has 1 amide bonds. The zero-order valence-corrected chi connectivity index (χ0v) is 16.0. The van der Waals surface area contributed by atoms with E-state index in [0.29, 0.717) is 6.07 Å². The van der Waals surface area contributed by atoms with Crippen LogP contribution in [0.5, 0.6) is 5.75 Å². The molecular formula is C17H11Cl3F4N2O2. The Kier molecular flexibility index (Phi) is 7.10. The minimum absolute atomic E-state index is 0.0235. The quantitative estimate of drug-likeness (QED) is 0.360. The van der Waals surface area contributed by atoms with Gasteiger partial charge < -0.3 is 15.0 Å². The van der Waals surface area contributed by atoms with E-state index in [1.165, 1.54) is 0 Å². The van der Waals surface area contributed by atoms with Gasteiger partial charge in [0.15, 0.2) is 6.61 Å². The molecule has 0 atom stereocenters. The number of halogens is 7. The largest absolute Gasteiger partial charge is 0.482 e. The maximum absolute atomic E-state index is 14.4. The van der Waals surface area contributed by atoms with Crippen LogP contribution in [0.1, 0.15) is 16.2 Å². The number of H-pyrrole nitrogens is 1. The number of hydrogen-bond acceptors (Lipinski definition) is 2. The predicted molar refractivity (Wildman–Crippen MR) is 98.0 cm³/mol. The minimum atomic E-state index is -4.73. The third-order valence-electron chi connectivity index (χ3n) is 3.43. The Labute approximate surface area is 172 Å². The molecule has 150 valence electrons. The summed E-state index contributed by atoms with van der Waals surface area (Å²) in [7, 11) is 0. The lowest BCUT2D eigenvalue weighted by molar-refractivity contribution is -0.140. The van der Waals surface area contributed by atoms with Crippen LogP contribution in [0.3, 0.4) is 0 Å². The van der Waals surface area contributed by atoms with Gasteiger partial charge >= 0.3 is 6.18 Å². The first kappa shape index (κ1) is 22.2. The lowest BCUT2D eigenvalue weighted by atomic mass is 10.0. The number of ether oxygens (including phenoxy) is 1. The van der Waals surface area contributed by atoms with Gasteiger partial charge in [0.25, 0.3) is 5.91 Å². The molecule has 0 aliphatic rings. The Morgan fingerprint density at radius 1 is 1.29 bits per heavy atom. The monoisotopic (exact) mass is 456 g/mol. The summed E-state index contributed by atoms with van der Waals surface area (Å²) in [5, 5.41) is 2.15. The van der Waals surface area contributed by atoms with Gasteiger partial charge in [0, 0.05) is 11.1 Å². The van der Waals surface area contributed by atoms with Crippen molar-refractivity contribution in [3.63, 3.8) is 0 Å². The molecule has 2 aromatic rings. The number of benzene rings is 1. The predicted octanol–water partition coefficient (Wildman–Crippen LogP) is 5.10. The van der Waals surface area contributed by atoms with E-state index >= 15 is 0 Å². The Morgan fingerprint density at radius 3 is 2.54 bits per heavy atom. The Bertz CT molecular complexity index is 920. The van der Waals surface area contributed by atoms with E-state index in [1.807, 2.05) is 4.98 Å². The highest BCUT2D eigenvalue weighted by Crippen LogP contribution is 2.42. The first-order valence-electron chi connectivity index (χ1n) is 7.45. The summed E-state index contributed by atoms with van der Waals surface area (Å²) in [6.45, 7) is -0.516. The number of nitrogens with one attached hydrogen (secondary N) is 2. The fourth-order valence-electron chi connectivity index (χ4n) is 2.21. The van der Waals surface area contributed by atoms with Crippen LogP contribution in [0, 0.1) is 18.2 Å². The molecule has 0 aliphatic carbocycles. The average molecular weight is 458 g/mol. The molecular weight excluding hydrogens is 447 g/mol. The van der Waals surface area contributed by atoms with E-state index < -0.39 is 35.0 Å². The lowest BCUT2D eigenvalue weighted by Crippen LogP contribution is -2.29. The average Bonchev–Trinajstić information content (AvgIpc) is 3.05. The third-order valence-corrected chi connectivity index (χ3v) is 4.16. The van der Waals surface area contributed by atoms with Gasteiger partial charge in [-0.15, -0.1) is 6.42 Å². The molecule has 4 nitrogen and oxygen atoms in total. The van der Waals surface area contributed by atoms with Crippen molar-refractivity contribution in [1.82, 2.24) is 10.3 Å². The van der Waals surface area contributed by atoms with E-state index in [-0.39, 0.29) is 34.1 Å². The molecule has 0 radical (unpaired) electrons. The van der Waals surface area contributed by atoms with Crippen molar-refractivity contribution in [2.75, 3.05) is 13.2 Å². The molecule has 28 heavy (non-hydrogen) atoms. The Hall–Kier alpha value is -2.08. The van der Waals surface area contributed by atoms with Gasteiger partial charge in [-0.2, -0.15) is 13.2 Å². The fourth-order valence-corrected chi connectivity index (χ4v) is 2.76. The molecule has 2 N–H and O–H groups in total. The zero-order chi connectivity index (χ0) is 21.1. The Morgan fingerprint density at radius 2 is 1.96 bits per heavy atom. The van der Waals surface area contributed by atoms with Crippen LogP contribution in [0.2, 0.25) is 5.02 Å². The molecule has 0 saturated carbocycles. The second-order valence-electron chi connectivity index (χ2n) is 5.34. The topological polar surface area (TPSA) is 54.1 Å². The third kappa shape index (κ3) is 5.25. The number of hydrogen-bond donors (Lipinski definition) is 2. The molecule has 0 spiro atoms. The van der Waals surface area contributed by atoms with Crippen molar-refractivity contribution >= 4 is 40.7 Å². The van der Waals surface area contributed by atoms with Crippen LogP contribution in [-0.2, 0) is 11.0 Å². The molecule has 0 unspecified atom stereocenters. The highest BCUT2D eigenvalue weighted by Gasteiger charge is 2.35. The molecule has 0 saturated heterocycles. The molecule has 0 aliphatic heterocycles. The van der Waals surface area contributed by atoms with Gasteiger partial charge in [0.05, 0.1) is 17.3 Å². The van der Waals surface area contributed by atoms with Gasteiger partial charge in [0.2, 0.25) is 0 Å². The summed E-state index contributed by atoms with van der Waals surface area (Å²) >= 11 is 17.3. The standard InChI is InChI=1S/C17H11Cl3F4N2O2/c1-2-3-25-14(27)7-28-12-4-8(11(21)6-10(12)18)9-5-13(17(22,23)24)26-15(9)16(19)20/h1,4-6,16,26H,3,7H2,(H,25,27). The van der Waals surface area contributed by atoms with Crippen molar-refractivity contribution < 1.29 is 27.1 Å². The van der Waals surface area contributed by atoms with E-state index in [0.717, 1.165) is 12.1 Å². The lowest BCUT2D eigenvalue weighted by Gasteiger charge is -2.12. The molecule has 1 aromatic carbocycles. The number of carbonyl (C=O) groups is 1. The van der Waals surface area contributed by atoms with E-state index in [1.54, 1.807) is 0 Å². The summed E-state index contributed by atoms with van der Waals surface area (Å²) < 4.78 is 58.6. The maximum Gasteiger partial charge on any atom is 0.431 e. The number of terminal acetylenes is 1. The number of amides is 1. The zero-order valence-electron chi connectivity index (χ0n) is 13.8. The summed E-state index contributed by atoms with van der Waals surface area (Å²) in [6, 6.07) is 2.56. The van der Waals surface area contributed by atoms with Gasteiger partial charge in [-0.1, -0.05) is 40.7 Å². The summed E-state index contributed by atoms with van der Waals surface area (Å²) in [5.41, 5.74) is -1.93. The summed E-state index contributed by atoms with van der Waals surface area (Å²) in [5.74, 6) is 0.565. The number of aromatic nitrogens is 1. The van der Waals surface area contributed by atoms with Crippen molar-refractivity contribution in [2.24, 2.45) is 0 Å². The van der Waals surface area contributed by atoms with Crippen molar-refractivity contribution in [3.8, 4) is 29.2 Å². The molecule has 0 bridgehead atoms. The van der Waals surface area contributed by atoms with E-state index in [2.05, 4.69) is 11.2 Å². The molecule has 2 rings (SSSR count). The van der Waals surface area contributed by atoms with Gasteiger partial charge in [-0.3, -0.25) is 4.79 Å². The minimum Gasteiger partial charge on any atom is -0.482 e. The van der Waals surface area contributed by atoms with E-state index in [4.69, 9.17) is 46.0 Å². The first-order valence-corrected chi connectivity index (χ1v) is 8.70. The van der Waals surface area contributed by atoms with Crippen molar-refractivity contribution in [1.29, 1.82) is 0 Å². The summed E-state index contributed by atoms with van der Waals surface area (Å²) in [4.78, 5) is 12.2. The molecule has 1 aromatic heterocycles. The first-order chi connectivity index (χ1) is 13.0. The molecule has 11 heteroatoms. The second-order valence-corrected chi connectivity index (χ2v) is 6.84. The molecule has 1 heterocycles. The number of alkyl halides is 5. The SMILES string of the molecule is C#CCNC(=O)COc1cc(-c2cc(C(F)(F)F)[nH]c2C(Cl)Cl)c(F)cc1Cl. The fraction of sp³-hybridized carbons (Fsp3) is 0.235. The van der Waals surface area contributed by atoms with Gasteiger partial charge in [-0.25, -0.2) is 4.39 Å². The number of carbonyl (C=O) groups excluding carboxylic acids is 1. The van der Waals surface area contributed by atoms with E-state index in [9.17, 15) is 22.4 Å². The van der Waals surface area contributed by atoms with Crippen LogP contribution in [0.4, 0.5) is 17.6 Å². The van der Waals surface area contributed by atoms with Crippen LogP contribution in [0.25, 0.3) is 11.1 Å². The Balaban J connectivity index is 2.43. The summed E-state index contributed by atoms with van der Waals surface area (Å²) in [6.07, 6.45) is 0.278. The van der Waals surface area contributed by atoms with Gasteiger partial charge in [-0.05, 0) is 18.2 Å². The van der Waals surface area contributed by atoms with Gasteiger partial charge in [0.1, 0.15) is 22.1 Å².